The first-order valence-corrected chi connectivity index (χ1v) is 16.2. The standard InChI is InChI=1S/C29H33F3N4O5S.C2HF3O2/c30-29(31,32)25(37)19-42-16-6-9-22(34-26(38)18-36-23-10-4-5-11-24(23)41-28(36)40)27(39)33-13-15-35-14-12-21(17-35)20-7-2-1-3-8-20;3-2(4,5)1(6)7/h1-5,7-8,10-11,21-22H,6,9,12-19H2,(H,33,39)(H,34,38);(H,6,7)/t21?,22-;/m0./s1. The third kappa shape index (κ3) is 12.6. The van der Waals surface area contributed by atoms with E-state index in [4.69, 9.17) is 14.3 Å². The molecular formula is C31H34F6N4O7S. The zero-order valence-electron chi connectivity index (χ0n) is 25.9. The number of alkyl halides is 6. The lowest BCUT2D eigenvalue weighted by Crippen LogP contribution is -3.11. The van der Waals surface area contributed by atoms with E-state index in [1.54, 1.807) is 24.3 Å². The van der Waals surface area contributed by atoms with E-state index >= 15 is 0 Å². The van der Waals surface area contributed by atoms with Gasteiger partial charge in [0, 0.05) is 12.3 Å². The number of amides is 2. The number of oxazole rings is 1. The Hall–Kier alpha value is -4.32. The van der Waals surface area contributed by atoms with Gasteiger partial charge in [-0.05, 0) is 36.3 Å². The van der Waals surface area contributed by atoms with Crippen molar-refractivity contribution in [1.82, 2.24) is 15.2 Å². The minimum atomic E-state index is -5.19. The number of aromatic nitrogens is 1. The van der Waals surface area contributed by atoms with Crippen LogP contribution in [0.4, 0.5) is 26.3 Å². The number of nitrogens with zero attached hydrogens (tertiary/aromatic N) is 1. The van der Waals surface area contributed by atoms with Crippen molar-refractivity contribution in [2.45, 2.75) is 50.1 Å². The van der Waals surface area contributed by atoms with Gasteiger partial charge in [0.2, 0.25) is 17.6 Å². The fourth-order valence-electron chi connectivity index (χ4n) is 5.11. The van der Waals surface area contributed by atoms with Gasteiger partial charge in [-0.15, -0.1) is 0 Å². The second kappa shape index (κ2) is 17.9. The van der Waals surface area contributed by atoms with Gasteiger partial charge in [0.15, 0.2) is 5.58 Å². The zero-order valence-corrected chi connectivity index (χ0v) is 26.7. The Morgan fingerprint density at radius 2 is 1.65 bits per heavy atom. The van der Waals surface area contributed by atoms with Gasteiger partial charge in [0.25, 0.3) is 0 Å². The van der Waals surface area contributed by atoms with Crippen LogP contribution in [0, 0.1) is 0 Å². The number of Topliss-reactive ketones (excluding diaryl/α,β-unsaturated/α-hetero) is 1. The lowest BCUT2D eigenvalue weighted by Gasteiger charge is -2.20. The molecule has 1 aliphatic rings. The van der Waals surface area contributed by atoms with Crippen LogP contribution in [0.25, 0.3) is 11.1 Å². The van der Waals surface area contributed by atoms with Gasteiger partial charge in [0.05, 0.1) is 37.4 Å². The number of para-hydroxylation sites is 2. The minimum absolute atomic E-state index is 0.151. The van der Waals surface area contributed by atoms with E-state index in [1.165, 1.54) is 10.5 Å². The van der Waals surface area contributed by atoms with Crippen LogP contribution in [-0.2, 0) is 25.7 Å². The van der Waals surface area contributed by atoms with Crippen LogP contribution in [0.1, 0.15) is 30.7 Å². The summed E-state index contributed by atoms with van der Waals surface area (Å²) < 4.78 is 75.3. The molecule has 0 radical (unpaired) electrons. The van der Waals surface area contributed by atoms with Crippen LogP contribution in [0.2, 0.25) is 0 Å². The first-order chi connectivity index (χ1) is 23.1. The molecule has 2 aromatic carbocycles. The Kier molecular flexibility index (Phi) is 14.3. The van der Waals surface area contributed by atoms with Crippen molar-refractivity contribution in [3.63, 3.8) is 0 Å². The number of hydrogen-bond acceptors (Lipinski definition) is 8. The summed E-state index contributed by atoms with van der Waals surface area (Å²) in [6.07, 6.45) is -8.57. The highest BCUT2D eigenvalue weighted by Gasteiger charge is 2.37. The molecule has 2 unspecified atom stereocenters. The van der Waals surface area contributed by atoms with Crippen molar-refractivity contribution >= 4 is 46.4 Å². The third-order valence-electron chi connectivity index (χ3n) is 7.52. The summed E-state index contributed by atoms with van der Waals surface area (Å²) in [4.78, 5) is 59.5. The van der Waals surface area contributed by atoms with Crippen molar-refractivity contribution in [2.75, 3.05) is 37.7 Å². The number of rotatable bonds is 14. The minimum Gasteiger partial charge on any atom is -0.542 e. The summed E-state index contributed by atoms with van der Waals surface area (Å²) in [7, 11) is 0. The van der Waals surface area contributed by atoms with Crippen molar-refractivity contribution < 1.29 is 59.9 Å². The topological polar surface area (TPSA) is 155 Å². The van der Waals surface area contributed by atoms with Crippen LogP contribution < -0.4 is 26.4 Å². The maximum absolute atomic E-state index is 13.1. The average molecular weight is 721 g/mol. The van der Waals surface area contributed by atoms with E-state index in [2.05, 4.69) is 22.8 Å². The molecule has 1 aromatic heterocycles. The largest absolute Gasteiger partial charge is 0.542 e. The first kappa shape index (κ1) is 39.1. The molecule has 11 nitrogen and oxygen atoms in total. The molecule has 0 spiro atoms. The highest BCUT2D eigenvalue weighted by molar-refractivity contribution is 7.99. The number of nitrogens with one attached hydrogen (secondary N) is 3. The molecular weight excluding hydrogens is 686 g/mol. The normalized spacial score (nSPS) is 16.8. The molecule has 0 saturated carbocycles. The summed E-state index contributed by atoms with van der Waals surface area (Å²) in [5.74, 6) is -6.56. The summed E-state index contributed by atoms with van der Waals surface area (Å²) >= 11 is 0.826. The smallest absolute Gasteiger partial charge is 0.450 e. The zero-order chi connectivity index (χ0) is 36.2. The molecule has 1 aliphatic heterocycles. The van der Waals surface area contributed by atoms with E-state index in [9.17, 15) is 45.5 Å². The van der Waals surface area contributed by atoms with Gasteiger partial charge in [-0.1, -0.05) is 42.5 Å². The van der Waals surface area contributed by atoms with Crippen LogP contribution in [0.3, 0.4) is 0 Å². The summed E-state index contributed by atoms with van der Waals surface area (Å²) in [6, 6.07) is 16.0. The number of carboxylic acid groups (broad SMARTS) is 1. The van der Waals surface area contributed by atoms with Crippen LogP contribution >= 0.6 is 11.8 Å². The maximum Gasteiger partial charge on any atom is 0.450 e. The fourth-order valence-corrected chi connectivity index (χ4v) is 5.97. The number of carbonyl (C=O) groups excluding carboxylic acids is 4. The van der Waals surface area contributed by atoms with Crippen molar-refractivity contribution in [3.05, 3.63) is 70.7 Å². The molecule has 3 N–H and O–H groups in total. The van der Waals surface area contributed by atoms with Gasteiger partial charge in [-0.2, -0.15) is 38.1 Å². The lowest BCUT2D eigenvalue weighted by molar-refractivity contribution is -0.886. The molecule has 3 aromatic rings. The van der Waals surface area contributed by atoms with Gasteiger partial charge in [-0.3, -0.25) is 19.0 Å². The Balaban J connectivity index is 0.000000838. The average Bonchev–Trinajstić information content (AvgIpc) is 3.64. The number of benzene rings is 2. The number of quaternary nitrogens is 1. The fraction of sp³-hybridized carbons (Fsp3) is 0.452. The van der Waals surface area contributed by atoms with Gasteiger partial charge in [-0.25, -0.2) is 4.79 Å². The summed E-state index contributed by atoms with van der Waals surface area (Å²) in [6.45, 7) is 2.68. The quantitative estimate of drug-likeness (QED) is 0.166. The number of aliphatic carboxylic acids is 1. The molecule has 0 bridgehead atoms. The highest BCUT2D eigenvalue weighted by atomic mass is 32.2. The molecule has 2 amide bonds. The number of ketones is 1. The van der Waals surface area contributed by atoms with Crippen molar-refractivity contribution in [3.8, 4) is 0 Å². The van der Waals surface area contributed by atoms with Crippen LogP contribution in [-0.4, -0.2) is 84.2 Å². The number of halogens is 6. The molecule has 49 heavy (non-hydrogen) atoms. The maximum atomic E-state index is 13.1. The van der Waals surface area contributed by atoms with E-state index in [1.807, 2.05) is 18.2 Å². The lowest BCUT2D eigenvalue weighted by atomic mass is 9.99. The molecule has 1 fully saturated rings. The second-order valence-electron chi connectivity index (χ2n) is 11.1. The highest BCUT2D eigenvalue weighted by Crippen LogP contribution is 2.20. The molecule has 3 atom stereocenters. The number of likely N-dealkylation sites (tertiary alicyclic amines) is 1. The van der Waals surface area contributed by atoms with E-state index in [0.29, 0.717) is 36.5 Å². The molecule has 4 rings (SSSR count). The molecule has 0 aliphatic carbocycles. The first-order valence-electron chi connectivity index (χ1n) is 15.1. The second-order valence-corrected chi connectivity index (χ2v) is 12.2. The Bertz CT molecular complexity index is 1630. The predicted molar refractivity (Wildman–Crippen MR) is 163 cm³/mol. The van der Waals surface area contributed by atoms with Crippen molar-refractivity contribution in [1.29, 1.82) is 0 Å². The number of thioether (sulfide) groups is 1. The Morgan fingerprint density at radius 3 is 2.31 bits per heavy atom. The van der Waals surface area contributed by atoms with E-state index in [0.717, 1.165) is 35.8 Å². The number of carbonyl (C=O) groups is 4. The van der Waals surface area contributed by atoms with E-state index in [-0.39, 0.29) is 18.7 Å². The van der Waals surface area contributed by atoms with E-state index < -0.39 is 53.5 Å². The summed E-state index contributed by atoms with van der Waals surface area (Å²) in [5, 5.41) is 14.3. The molecule has 1 saturated heterocycles. The Labute approximate surface area is 280 Å². The van der Waals surface area contributed by atoms with Gasteiger partial charge < -0.3 is 29.9 Å². The summed E-state index contributed by atoms with van der Waals surface area (Å²) in [5.41, 5.74) is 2.07. The third-order valence-corrected chi connectivity index (χ3v) is 8.56. The monoisotopic (exact) mass is 720 g/mol. The molecule has 18 heteroatoms. The molecule has 2 heterocycles. The predicted octanol–water partition coefficient (Wildman–Crippen LogP) is 1.21. The molecule has 268 valence electrons. The number of carboxylic acids is 1. The van der Waals surface area contributed by atoms with Crippen LogP contribution in [0.5, 0.6) is 0 Å². The Morgan fingerprint density at radius 1 is 1.00 bits per heavy atom. The van der Waals surface area contributed by atoms with Gasteiger partial charge in [0.1, 0.15) is 18.6 Å². The number of hydrogen-bond donors (Lipinski definition) is 3. The van der Waals surface area contributed by atoms with Crippen LogP contribution in [0.15, 0.2) is 63.8 Å². The number of fused-ring (bicyclic) bond motifs is 1. The SMILES string of the molecule is O=C(Cn1c(=O)oc2ccccc21)N[C@@H](CCCSCC(=O)C(F)(F)F)C(=O)NCC[NH+]1CCC(c2ccccc2)C1.O=C([O-])C(F)(F)F. The van der Waals surface area contributed by atoms with Gasteiger partial charge >= 0.3 is 18.1 Å². The van der Waals surface area contributed by atoms with Crippen molar-refractivity contribution in [2.24, 2.45) is 0 Å².